The maximum absolute atomic E-state index is 6.16. The summed E-state index contributed by atoms with van der Waals surface area (Å²) in [6.45, 7) is 0. The van der Waals surface area contributed by atoms with Crippen LogP contribution in [0.5, 0.6) is 0 Å². The van der Waals surface area contributed by atoms with Gasteiger partial charge in [-0.05, 0) is 41.5 Å². The van der Waals surface area contributed by atoms with Gasteiger partial charge in [-0.15, -0.1) is 12.4 Å². The van der Waals surface area contributed by atoms with Gasteiger partial charge in [-0.25, -0.2) is 0 Å². The SMILES string of the molecule is Cl.Nc1cccc(C(N)c2cc(N)cc(N)c2)c1. The molecule has 0 aliphatic carbocycles. The molecule has 1 unspecified atom stereocenters. The van der Waals surface area contributed by atoms with Crippen molar-refractivity contribution in [1.82, 2.24) is 0 Å². The van der Waals surface area contributed by atoms with Crippen LogP contribution >= 0.6 is 12.4 Å². The van der Waals surface area contributed by atoms with Gasteiger partial charge in [0.25, 0.3) is 0 Å². The standard InChI is InChI=1S/C13H16N4.ClH/c14-10-3-1-2-8(4-10)13(17)9-5-11(15)7-12(16)6-9;/h1-7,13H,14-17H2;1H. The quantitative estimate of drug-likeness (QED) is 0.622. The molecular weight excluding hydrogens is 248 g/mol. The second kappa shape index (κ2) is 5.62. The Hall–Kier alpha value is -1.91. The number of nitrogens with two attached hydrogens (primary N) is 4. The average Bonchev–Trinajstić information content (AvgIpc) is 2.26. The lowest BCUT2D eigenvalue weighted by Gasteiger charge is -2.14. The molecule has 2 aromatic rings. The summed E-state index contributed by atoms with van der Waals surface area (Å²) in [6.07, 6.45) is 0. The maximum Gasteiger partial charge on any atom is 0.0553 e. The van der Waals surface area contributed by atoms with Gasteiger partial charge in [-0.2, -0.15) is 0 Å². The zero-order valence-electron chi connectivity index (χ0n) is 9.84. The molecule has 8 N–H and O–H groups in total. The fourth-order valence-corrected chi connectivity index (χ4v) is 1.83. The van der Waals surface area contributed by atoms with Crippen LogP contribution in [0.4, 0.5) is 17.1 Å². The highest BCUT2D eigenvalue weighted by Gasteiger charge is 2.10. The smallest absolute Gasteiger partial charge is 0.0553 e. The van der Waals surface area contributed by atoms with Gasteiger partial charge in [0, 0.05) is 17.1 Å². The summed E-state index contributed by atoms with van der Waals surface area (Å²) >= 11 is 0. The van der Waals surface area contributed by atoms with Gasteiger partial charge in [0.2, 0.25) is 0 Å². The molecule has 1 atom stereocenters. The molecule has 0 spiro atoms. The third-order valence-electron chi connectivity index (χ3n) is 2.63. The molecule has 0 aliphatic rings. The van der Waals surface area contributed by atoms with Gasteiger partial charge in [0.05, 0.1) is 6.04 Å². The number of rotatable bonds is 2. The van der Waals surface area contributed by atoms with Crippen LogP contribution in [0.1, 0.15) is 17.2 Å². The maximum atomic E-state index is 6.16. The normalized spacial score (nSPS) is 11.6. The molecule has 96 valence electrons. The highest BCUT2D eigenvalue weighted by atomic mass is 35.5. The van der Waals surface area contributed by atoms with Crippen LogP contribution in [0, 0.1) is 0 Å². The van der Waals surface area contributed by atoms with E-state index in [0.717, 1.165) is 11.1 Å². The lowest BCUT2D eigenvalue weighted by molar-refractivity contribution is 0.873. The molecular formula is C13H17ClN4. The zero-order valence-corrected chi connectivity index (χ0v) is 10.7. The third-order valence-corrected chi connectivity index (χ3v) is 2.63. The Morgan fingerprint density at radius 2 is 1.28 bits per heavy atom. The van der Waals surface area contributed by atoms with E-state index in [9.17, 15) is 0 Å². The second-order valence-corrected chi connectivity index (χ2v) is 4.08. The number of benzene rings is 2. The number of halogens is 1. The summed E-state index contributed by atoms with van der Waals surface area (Å²) in [5, 5.41) is 0. The molecule has 18 heavy (non-hydrogen) atoms. The van der Waals surface area contributed by atoms with E-state index in [1.807, 2.05) is 36.4 Å². The zero-order chi connectivity index (χ0) is 12.4. The number of nitrogen functional groups attached to an aromatic ring is 3. The van der Waals surface area contributed by atoms with E-state index in [1.54, 1.807) is 6.07 Å². The fourth-order valence-electron chi connectivity index (χ4n) is 1.83. The molecule has 5 heteroatoms. The summed E-state index contributed by atoms with van der Waals surface area (Å²) in [4.78, 5) is 0. The molecule has 0 fully saturated rings. The Labute approximate surface area is 112 Å². The van der Waals surface area contributed by atoms with Crippen molar-refractivity contribution < 1.29 is 0 Å². The summed E-state index contributed by atoms with van der Waals surface area (Å²) in [7, 11) is 0. The lowest BCUT2D eigenvalue weighted by Crippen LogP contribution is -2.12. The molecule has 2 aromatic carbocycles. The van der Waals surface area contributed by atoms with Gasteiger partial charge in [0.15, 0.2) is 0 Å². The summed E-state index contributed by atoms with van der Waals surface area (Å²) in [5.74, 6) is 0. The molecule has 0 saturated carbocycles. The van der Waals surface area contributed by atoms with Crippen molar-refractivity contribution in [1.29, 1.82) is 0 Å². The van der Waals surface area contributed by atoms with E-state index in [2.05, 4.69) is 0 Å². The van der Waals surface area contributed by atoms with Crippen molar-refractivity contribution in [2.75, 3.05) is 17.2 Å². The molecule has 0 radical (unpaired) electrons. The molecule has 0 saturated heterocycles. The van der Waals surface area contributed by atoms with Crippen LogP contribution in [0.25, 0.3) is 0 Å². The first kappa shape index (κ1) is 14.2. The third kappa shape index (κ3) is 3.06. The van der Waals surface area contributed by atoms with Gasteiger partial charge in [0.1, 0.15) is 0 Å². The highest BCUT2D eigenvalue weighted by Crippen LogP contribution is 2.24. The summed E-state index contributed by atoms with van der Waals surface area (Å²) in [6, 6.07) is 12.6. The monoisotopic (exact) mass is 264 g/mol. The highest BCUT2D eigenvalue weighted by molar-refractivity contribution is 5.85. The van der Waals surface area contributed by atoms with Crippen molar-refractivity contribution in [2.45, 2.75) is 6.04 Å². The van der Waals surface area contributed by atoms with E-state index in [0.29, 0.717) is 17.1 Å². The predicted molar refractivity (Wildman–Crippen MR) is 79.4 cm³/mol. The Balaban J connectivity index is 0.00000162. The molecule has 4 nitrogen and oxygen atoms in total. The van der Waals surface area contributed by atoms with E-state index >= 15 is 0 Å². The van der Waals surface area contributed by atoms with Crippen LogP contribution < -0.4 is 22.9 Å². The van der Waals surface area contributed by atoms with Crippen LogP contribution in [-0.2, 0) is 0 Å². The molecule has 0 bridgehead atoms. The topological polar surface area (TPSA) is 104 Å². The minimum Gasteiger partial charge on any atom is -0.399 e. The number of anilines is 3. The molecule has 0 amide bonds. The molecule has 0 aromatic heterocycles. The first-order valence-corrected chi connectivity index (χ1v) is 5.33. The van der Waals surface area contributed by atoms with Gasteiger partial charge in [-0.3, -0.25) is 0 Å². The number of hydrogen-bond acceptors (Lipinski definition) is 4. The van der Waals surface area contributed by atoms with Crippen LogP contribution in [-0.4, -0.2) is 0 Å². The van der Waals surface area contributed by atoms with Crippen LogP contribution in [0.2, 0.25) is 0 Å². The van der Waals surface area contributed by atoms with Crippen molar-refractivity contribution in [3.8, 4) is 0 Å². The van der Waals surface area contributed by atoms with E-state index in [-0.39, 0.29) is 18.4 Å². The Kier molecular flexibility index (Phi) is 4.42. The molecule has 0 aliphatic heterocycles. The number of hydrogen-bond donors (Lipinski definition) is 4. The Morgan fingerprint density at radius 3 is 1.83 bits per heavy atom. The van der Waals surface area contributed by atoms with Gasteiger partial charge in [-0.1, -0.05) is 12.1 Å². The van der Waals surface area contributed by atoms with Crippen molar-refractivity contribution in [3.63, 3.8) is 0 Å². The van der Waals surface area contributed by atoms with Crippen LogP contribution in [0.15, 0.2) is 42.5 Å². The summed E-state index contributed by atoms with van der Waals surface area (Å²) < 4.78 is 0. The first-order valence-electron chi connectivity index (χ1n) is 5.33. The predicted octanol–water partition coefficient (Wildman–Crippen LogP) is 1.90. The summed E-state index contributed by atoms with van der Waals surface area (Å²) in [5.41, 5.74) is 27.1. The van der Waals surface area contributed by atoms with Gasteiger partial charge >= 0.3 is 0 Å². The molecule has 2 rings (SSSR count). The van der Waals surface area contributed by atoms with Crippen molar-refractivity contribution in [3.05, 3.63) is 53.6 Å². The van der Waals surface area contributed by atoms with Crippen molar-refractivity contribution >= 4 is 29.5 Å². The minimum absolute atomic E-state index is 0. The fraction of sp³-hybridized carbons (Fsp3) is 0.0769. The van der Waals surface area contributed by atoms with Gasteiger partial charge < -0.3 is 22.9 Å². The first-order chi connectivity index (χ1) is 8.06. The lowest BCUT2D eigenvalue weighted by atomic mass is 9.98. The average molecular weight is 265 g/mol. The Bertz CT molecular complexity index is 522. The second-order valence-electron chi connectivity index (χ2n) is 4.08. The van der Waals surface area contributed by atoms with E-state index < -0.39 is 0 Å². The van der Waals surface area contributed by atoms with E-state index in [1.165, 1.54) is 0 Å². The van der Waals surface area contributed by atoms with Crippen molar-refractivity contribution in [2.24, 2.45) is 5.73 Å². The Morgan fingerprint density at radius 1 is 0.722 bits per heavy atom. The van der Waals surface area contributed by atoms with Crippen LogP contribution in [0.3, 0.4) is 0 Å². The van der Waals surface area contributed by atoms with E-state index in [4.69, 9.17) is 22.9 Å². The molecule has 0 heterocycles. The minimum atomic E-state index is -0.274. The largest absolute Gasteiger partial charge is 0.399 e.